The molecule has 2 aromatic heterocycles. The highest BCUT2D eigenvalue weighted by atomic mass is 32.2. The van der Waals surface area contributed by atoms with Crippen molar-refractivity contribution in [2.45, 2.75) is 6.54 Å². The van der Waals surface area contributed by atoms with Crippen molar-refractivity contribution >= 4 is 21.7 Å². The van der Waals surface area contributed by atoms with Gasteiger partial charge in [-0.25, -0.2) is 13.4 Å². The molecule has 0 spiro atoms. The van der Waals surface area contributed by atoms with Crippen LogP contribution in [0.15, 0.2) is 77.9 Å². The molecule has 1 saturated heterocycles. The molecule has 1 aromatic carbocycles. The molecule has 4 rings (SSSR count). The van der Waals surface area contributed by atoms with E-state index >= 15 is 0 Å². The zero-order valence-corrected chi connectivity index (χ0v) is 19.5. The maximum atomic E-state index is 12.7. The zero-order valence-electron chi connectivity index (χ0n) is 18.7. The first kappa shape index (κ1) is 23.7. The summed E-state index contributed by atoms with van der Waals surface area (Å²) in [6.45, 7) is 2.08. The van der Waals surface area contributed by atoms with Crippen molar-refractivity contribution in [2.75, 3.05) is 43.4 Å². The van der Waals surface area contributed by atoms with Crippen molar-refractivity contribution in [1.82, 2.24) is 19.2 Å². The van der Waals surface area contributed by atoms with Gasteiger partial charge >= 0.3 is 0 Å². The van der Waals surface area contributed by atoms with Crippen molar-refractivity contribution in [3.8, 4) is 0 Å². The number of hydrogen-bond acceptors (Lipinski definition) is 6. The van der Waals surface area contributed by atoms with Gasteiger partial charge in [0.15, 0.2) is 0 Å². The first-order valence-corrected chi connectivity index (χ1v) is 12.7. The highest BCUT2D eigenvalue weighted by Gasteiger charge is 2.27. The quantitative estimate of drug-likeness (QED) is 0.518. The minimum Gasteiger partial charge on any atom is -0.354 e. The second-order valence-corrected chi connectivity index (χ2v) is 10.1. The number of hydrogen-bond donors (Lipinski definition) is 1. The van der Waals surface area contributed by atoms with Gasteiger partial charge in [0.25, 0.3) is 11.5 Å². The summed E-state index contributed by atoms with van der Waals surface area (Å²) in [4.78, 5) is 31.7. The zero-order chi connectivity index (χ0) is 24.0. The van der Waals surface area contributed by atoms with E-state index in [2.05, 4.69) is 10.3 Å². The average molecular weight is 482 g/mol. The molecule has 0 atom stereocenters. The van der Waals surface area contributed by atoms with Crippen LogP contribution in [0.4, 0.5) is 5.82 Å². The fourth-order valence-corrected chi connectivity index (χ4v) is 5.21. The molecule has 0 bridgehead atoms. The first-order valence-electron chi connectivity index (χ1n) is 11.1. The number of nitrogens with zero attached hydrogens (tertiary/aromatic N) is 4. The number of sulfonamides is 1. The van der Waals surface area contributed by atoms with Gasteiger partial charge in [-0.15, -0.1) is 0 Å². The molecule has 34 heavy (non-hydrogen) atoms. The Kier molecular flexibility index (Phi) is 7.39. The van der Waals surface area contributed by atoms with Crippen molar-refractivity contribution < 1.29 is 13.2 Å². The van der Waals surface area contributed by atoms with Crippen LogP contribution in [-0.2, 0) is 16.6 Å². The standard InChI is InChI=1S/C24H27N5O4S/c30-23(21-9-6-13-28(24(21)31)19-20-7-2-1-3-8-20)26-12-18-34(32,33)29-16-14-27(15-17-29)22-10-4-5-11-25-22/h1-11,13H,12,14-19H2,(H,26,30). The maximum absolute atomic E-state index is 12.7. The van der Waals surface area contributed by atoms with Gasteiger partial charge in [-0.1, -0.05) is 36.4 Å². The van der Waals surface area contributed by atoms with Gasteiger partial charge in [0.05, 0.1) is 12.3 Å². The van der Waals surface area contributed by atoms with E-state index in [9.17, 15) is 18.0 Å². The van der Waals surface area contributed by atoms with Crippen LogP contribution < -0.4 is 15.8 Å². The Labute approximate surface area is 198 Å². The Morgan fingerprint density at radius 2 is 1.68 bits per heavy atom. The number of amides is 1. The largest absolute Gasteiger partial charge is 0.354 e. The monoisotopic (exact) mass is 481 g/mol. The average Bonchev–Trinajstić information content (AvgIpc) is 2.86. The van der Waals surface area contributed by atoms with Gasteiger partial charge in [-0.2, -0.15) is 4.31 Å². The summed E-state index contributed by atoms with van der Waals surface area (Å²) in [5.41, 5.74) is 0.508. The lowest BCUT2D eigenvalue weighted by atomic mass is 10.2. The maximum Gasteiger partial charge on any atom is 0.263 e. The van der Waals surface area contributed by atoms with E-state index in [-0.39, 0.29) is 17.9 Å². The molecule has 1 aliphatic heterocycles. The third-order valence-corrected chi connectivity index (χ3v) is 7.58. The molecular weight excluding hydrogens is 454 g/mol. The SMILES string of the molecule is O=C(NCCS(=O)(=O)N1CCN(c2ccccn2)CC1)c1cccn(Cc2ccccc2)c1=O. The summed E-state index contributed by atoms with van der Waals surface area (Å²) in [6, 6.07) is 18.2. The lowest BCUT2D eigenvalue weighted by molar-refractivity contribution is 0.0954. The van der Waals surface area contributed by atoms with E-state index in [0.29, 0.717) is 32.7 Å². The molecule has 178 valence electrons. The van der Waals surface area contributed by atoms with Gasteiger partial charge < -0.3 is 14.8 Å². The van der Waals surface area contributed by atoms with Crippen LogP contribution in [0.3, 0.4) is 0 Å². The van der Waals surface area contributed by atoms with E-state index in [1.54, 1.807) is 18.5 Å². The normalized spacial score (nSPS) is 14.6. The lowest BCUT2D eigenvalue weighted by Gasteiger charge is -2.34. The van der Waals surface area contributed by atoms with Crippen LogP contribution in [0, 0.1) is 0 Å². The molecular formula is C24H27N5O4S. The molecule has 3 heterocycles. The minimum atomic E-state index is -3.54. The Hall–Kier alpha value is -3.50. The topological polar surface area (TPSA) is 105 Å². The summed E-state index contributed by atoms with van der Waals surface area (Å²) in [7, 11) is -3.54. The molecule has 1 fully saturated rings. The fraction of sp³-hybridized carbons (Fsp3) is 0.292. The summed E-state index contributed by atoms with van der Waals surface area (Å²) in [5.74, 6) is 0.0167. The summed E-state index contributed by atoms with van der Waals surface area (Å²) in [5, 5.41) is 2.58. The van der Waals surface area contributed by atoms with Crippen molar-refractivity contribution in [3.05, 3.63) is 94.5 Å². The third-order valence-electron chi connectivity index (χ3n) is 5.71. The predicted molar refractivity (Wildman–Crippen MR) is 130 cm³/mol. The molecule has 0 saturated carbocycles. The van der Waals surface area contributed by atoms with Crippen molar-refractivity contribution in [1.29, 1.82) is 0 Å². The molecule has 0 radical (unpaired) electrons. The lowest BCUT2D eigenvalue weighted by Crippen LogP contribution is -2.50. The number of pyridine rings is 2. The smallest absolute Gasteiger partial charge is 0.263 e. The van der Waals surface area contributed by atoms with Crippen LogP contribution in [0.5, 0.6) is 0 Å². The minimum absolute atomic E-state index is 0.0141. The summed E-state index contributed by atoms with van der Waals surface area (Å²) in [6.07, 6.45) is 3.34. The number of benzene rings is 1. The second-order valence-electron chi connectivity index (χ2n) is 7.99. The number of carbonyl (C=O) groups is 1. The van der Waals surface area contributed by atoms with Gasteiger partial charge in [-0.05, 0) is 29.8 Å². The van der Waals surface area contributed by atoms with Crippen LogP contribution >= 0.6 is 0 Å². The van der Waals surface area contributed by atoms with Gasteiger partial charge in [0.1, 0.15) is 11.4 Å². The molecule has 1 aliphatic rings. The Bertz CT molecular complexity index is 1270. The number of anilines is 1. The summed E-state index contributed by atoms with van der Waals surface area (Å²) < 4.78 is 28.4. The third kappa shape index (κ3) is 5.70. The molecule has 3 aromatic rings. The number of nitrogens with one attached hydrogen (secondary N) is 1. The fourth-order valence-electron chi connectivity index (χ4n) is 3.87. The molecule has 10 heteroatoms. The number of carbonyl (C=O) groups excluding carboxylic acids is 1. The van der Waals surface area contributed by atoms with Crippen LogP contribution in [0.1, 0.15) is 15.9 Å². The van der Waals surface area contributed by atoms with E-state index in [1.165, 1.54) is 14.9 Å². The van der Waals surface area contributed by atoms with Crippen LogP contribution in [0.2, 0.25) is 0 Å². The summed E-state index contributed by atoms with van der Waals surface area (Å²) >= 11 is 0. The molecule has 0 unspecified atom stereocenters. The van der Waals surface area contributed by atoms with Crippen LogP contribution in [0.25, 0.3) is 0 Å². The first-order chi connectivity index (χ1) is 16.4. The Morgan fingerprint density at radius 3 is 2.38 bits per heavy atom. The molecule has 0 aliphatic carbocycles. The molecule has 1 amide bonds. The highest BCUT2D eigenvalue weighted by Crippen LogP contribution is 2.14. The number of piperazine rings is 1. The van der Waals surface area contributed by atoms with E-state index < -0.39 is 21.5 Å². The van der Waals surface area contributed by atoms with Crippen molar-refractivity contribution in [3.63, 3.8) is 0 Å². The Morgan fingerprint density at radius 1 is 0.941 bits per heavy atom. The molecule has 1 N–H and O–H groups in total. The molecule has 9 nitrogen and oxygen atoms in total. The van der Waals surface area contributed by atoms with E-state index in [4.69, 9.17) is 0 Å². The van der Waals surface area contributed by atoms with Gasteiger partial charge in [0, 0.05) is 45.1 Å². The van der Waals surface area contributed by atoms with E-state index in [1.807, 2.05) is 53.4 Å². The van der Waals surface area contributed by atoms with Crippen molar-refractivity contribution in [2.24, 2.45) is 0 Å². The Balaban J connectivity index is 1.30. The number of aromatic nitrogens is 2. The second kappa shape index (κ2) is 10.6. The number of rotatable bonds is 8. The van der Waals surface area contributed by atoms with Gasteiger partial charge in [-0.3, -0.25) is 9.59 Å². The highest BCUT2D eigenvalue weighted by molar-refractivity contribution is 7.89. The predicted octanol–water partition coefficient (Wildman–Crippen LogP) is 1.17. The van der Waals surface area contributed by atoms with E-state index in [0.717, 1.165) is 11.4 Å². The van der Waals surface area contributed by atoms with Crippen LogP contribution in [-0.4, -0.2) is 66.7 Å². The van der Waals surface area contributed by atoms with Gasteiger partial charge in [0.2, 0.25) is 10.0 Å².